The van der Waals surface area contributed by atoms with Crippen LogP contribution in [0.15, 0.2) is 36.5 Å². The first-order valence-corrected chi connectivity index (χ1v) is 7.15. The van der Waals surface area contributed by atoms with Gasteiger partial charge in [0.2, 0.25) is 0 Å². The monoisotopic (exact) mass is 283 g/mol. The molecule has 0 fully saturated rings. The highest BCUT2D eigenvalue weighted by molar-refractivity contribution is 5.30. The molecule has 1 aromatic carbocycles. The van der Waals surface area contributed by atoms with E-state index in [9.17, 15) is 0 Å². The average Bonchev–Trinajstić information content (AvgIpc) is 2.86. The van der Waals surface area contributed by atoms with Crippen LogP contribution < -0.4 is 10.1 Å². The van der Waals surface area contributed by atoms with Gasteiger partial charge in [0.05, 0.1) is 6.61 Å². The predicted octanol–water partition coefficient (Wildman–Crippen LogP) is 3.15. The van der Waals surface area contributed by atoms with E-state index in [-0.39, 0.29) is 6.04 Å². The number of nitrogens with one attached hydrogen (secondary N) is 1. The van der Waals surface area contributed by atoms with Crippen molar-refractivity contribution < 1.29 is 4.74 Å². The Labute approximate surface area is 126 Å². The molecule has 0 aliphatic rings. The van der Waals surface area contributed by atoms with E-state index in [0.29, 0.717) is 12.3 Å². The summed E-state index contributed by atoms with van der Waals surface area (Å²) >= 11 is 0. The van der Waals surface area contributed by atoms with Gasteiger partial charge in [-0.05, 0) is 43.2 Å². The minimum atomic E-state index is 0.242. The lowest BCUT2D eigenvalue weighted by atomic mass is 10.1. The Kier molecular flexibility index (Phi) is 5.02. The second kappa shape index (κ2) is 6.96. The van der Waals surface area contributed by atoms with Crippen LogP contribution in [0.25, 0.3) is 0 Å². The first-order chi connectivity index (χ1) is 10.1. The lowest BCUT2D eigenvalue weighted by Crippen LogP contribution is -2.17. The molecule has 0 radical (unpaired) electrons. The van der Waals surface area contributed by atoms with Crippen LogP contribution in [0.1, 0.15) is 36.7 Å². The van der Waals surface area contributed by atoms with Crippen molar-refractivity contribution >= 4 is 0 Å². The third-order valence-electron chi connectivity index (χ3n) is 3.48. The van der Waals surface area contributed by atoms with Crippen molar-refractivity contribution in [3.8, 4) is 11.8 Å². The van der Waals surface area contributed by atoms with Crippen molar-refractivity contribution in [2.75, 3.05) is 6.61 Å². The Bertz CT molecular complexity index is 622. The number of rotatable bonds is 6. The van der Waals surface area contributed by atoms with Gasteiger partial charge in [-0.25, -0.2) is 0 Å². The van der Waals surface area contributed by atoms with Crippen LogP contribution in [0.5, 0.6) is 5.75 Å². The Morgan fingerprint density at radius 3 is 2.62 bits per heavy atom. The summed E-state index contributed by atoms with van der Waals surface area (Å²) in [4.78, 5) is 0. The number of hydrogen-bond acceptors (Lipinski definition) is 3. The molecule has 1 aromatic heterocycles. The molecule has 4 nitrogen and oxygen atoms in total. The first kappa shape index (κ1) is 15.1. The van der Waals surface area contributed by atoms with Crippen molar-refractivity contribution in [2.45, 2.75) is 26.4 Å². The summed E-state index contributed by atoms with van der Waals surface area (Å²) < 4.78 is 7.29. The van der Waals surface area contributed by atoms with Gasteiger partial charge in [-0.15, -0.1) is 0 Å². The van der Waals surface area contributed by atoms with Gasteiger partial charge in [0.15, 0.2) is 0 Å². The van der Waals surface area contributed by atoms with E-state index in [1.54, 1.807) is 0 Å². The Balaban J connectivity index is 1.94. The van der Waals surface area contributed by atoms with Crippen molar-refractivity contribution in [2.24, 2.45) is 7.05 Å². The molecule has 0 amide bonds. The lowest BCUT2D eigenvalue weighted by Gasteiger charge is -2.14. The molecule has 1 heterocycles. The third kappa shape index (κ3) is 3.87. The van der Waals surface area contributed by atoms with Crippen LogP contribution in [-0.2, 0) is 13.6 Å². The molecular formula is C17H21N3O. The summed E-state index contributed by atoms with van der Waals surface area (Å²) in [6.45, 7) is 5.53. The topological polar surface area (TPSA) is 50.0 Å². The van der Waals surface area contributed by atoms with Gasteiger partial charge in [0.1, 0.15) is 17.5 Å². The molecule has 2 aromatic rings. The van der Waals surface area contributed by atoms with Crippen LogP contribution in [0, 0.1) is 11.3 Å². The largest absolute Gasteiger partial charge is 0.494 e. The number of benzene rings is 1. The van der Waals surface area contributed by atoms with Gasteiger partial charge in [0.25, 0.3) is 0 Å². The SMILES string of the molecule is CCOc1ccc(C(C)NCc2cc(C#N)n(C)c2)cc1. The molecule has 21 heavy (non-hydrogen) atoms. The fourth-order valence-corrected chi connectivity index (χ4v) is 2.25. The maximum atomic E-state index is 8.95. The van der Waals surface area contributed by atoms with Gasteiger partial charge < -0.3 is 14.6 Å². The van der Waals surface area contributed by atoms with E-state index in [2.05, 4.69) is 30.4 Å². The third-order valence-corrected chi connectivity index (χ3v) is 3.48. The summed E-state index contributed by atoms with van der Waals surface area (Å²) in [6, 6.07) is 12.5. The number of nitriles is 1. The highest BCUT2D eigenvalue weighted by Gasteiger charge is 2.07. The minimum Gasteiger partial charge on any atom is -0.494 e. The standard InChI is InChI=1S/C17H21N3O/c1-4-21-17-7-5-15(6-8-17)13(2)19-11-14-9-16(10-18)20(3)12-14/h5-9,12-13,19H,4,11H2,1-3H3. The van der Waals surface area contributed by atoms with Gasteiger partial charge >= 0.3 is 0 Å². The highest BCUT2D eigenvalue weighted by atomic mass is 16.5. The predicted molar refractivity (Wildman–Crippen MR) is 83.0 cm³/mol. The summed E-state index contributed by atoms with van der Waals surface area (Å²) in [7, 11) is 1.89. The van der Waals surface area contributed by atoms with E-state index in [4.69, 9.17) is 10.00 Å². The van der Waals surface area contributed by atoms with Gasteiger partial charge in [-0.3, -0.25) is 0 Å². The smallest absolute Gasteiger partial charge is 0.120 e. The second-order valence-electron chi connectivity index (χ2n) is 5.06. The van der Waals surface area contributed by atoms with E-state index in [0.717, 1.165) is 17.9 Å². The van der Waals surface area contributed by atoms with Crippen molar-refractivity contribution in [1.29, 1.82) is 5.26 Å². The summed E-state index contributed by atoms with van der Waals surface area (Å²) in [5, 5.41) is 12.4. The molecular weight excluding hydrogens is 262 g/mol. The van der Waals surface area contributed by atoms with Crippen LogP contribution in [0.3, 0.4) is 0 Å². The fraction of sp³-hybridized carbons (Fsp3) is 0.353. The van der Waals surface area contributed by atoms with E-state index in [1.807, 2.05) is 42.9 Å². The summed E-state index contributed by atoms with van der Waals surface area (Å²) in [5.41, 5.74) is 3.02. The second-order valence-corrected chi connectivity index (χ2v) is 5.06. The molecule has 0 aliphatic heterocycles. The van der Waals surface area contributed by atoms with Gasteiger partial charge in [0, 0.05) is 25.8 Å². The first-order valence-electron chi connectivity index (χ1n) is 7.15. The molecule has 0 saturated carbocycles. The van der Waals surface area contributed by atoms with Crippen LogP contribution in [0.4, 0.5) is 0 Å². The number of nitrogens with zero attached hydrogens (tertiary/aromatic N) is 2. The van der Waals surface area contributed by atoms with Crippen LogP contribution in [0.2, 0.25) is 0 Å². The van der Waals surface area contributed by atoms with Gasteiger partial charge in [-0.2, -0.15) is 5.26 Å². The fourth-order valence-electron chi connectivity index (χ4n) is 2.25. The molecule has 1 atom stereocenters. The van der Waals surface area contributed by atoms with Crippen LogP contribution >= 0.6 is 0 Å². The zero-order chi connectivity index (χ0) is 15.2. The van der Waals surface area contributed by atoms with E-state index < -0.39 is 0 Å². The molecule has 0 saturated heterocycles. The lowest BCUT2D eigenvalue weighted by molar-refractivity contribution is 0.340. The Morgan fingerprint density at radius 2 is 2.05 bits per heavy atom. The van der Waals surface area contributed by atoms with Crippen molar-refractivity contribution in [3.05, 3.63) is 53.3 Å². The molecule has 2 rings (SSSR count). The van der Waals surface area contributed by atoms with Crippen molar-refractivity contribution in [1.82, 2.24) is 9.88 Å². The molecule has 0 spiro atoms. The molecule has 1 N–H and O–H groups in total. The number of aryl methyl sites for hydroxylation is 1. The number of ether oxygens (including phenoxy) is 1. The van der Waals surface area contributed by atoms with Crippen LogP contribution in [-0.4, -0.2) is 11.2 Å². The number of hydrogen-bond donors (Lipinski definition) is 1. The molecule has 0 aliphatic carbocycles. The molecule has 1 unspecified atom stereocenters. The molecule has 110 valence electrons. The highest BCUT2D eigenvalue weighted by Crippen LogP contribution is 2.18. The summed E-state index contributed by atoms with van der Waals surface area (Å²) in [6.07, 6.45) is 1.98. The quantitative estimate of drug-likeness (QED) is 0.886. The maximum Gasteiger partial charge on any atom is 0.120 e. The zero-order valence-electron chi connectivity index (χ0n) is 12.8. The minimum absolute atomic E-state index is 0.242. The van der Waals surface area contributed by atoms with Gasteiger partial charge in [-0.1, -0.05) is 12.1 Å². The Hall–Kier alpha value is -2.25. The van der Waals surface area contributed by atoms with E-state index >= 15 is 0 Å². The van der Waals surface area contributed by atoms with Crippen molar-refractivity contribution in [3.63, 3.8) is 0 Å². The summed E-state index contributed by atoms with van der Waals surface area (Å²) in [5.74, 6) is 0.898. The zero-order valence-corrected chi connectivity index (χ0v) is 12.8. The molecule has 0 bridgehead atoms. The maximum absolute atomic E-state index is 8.95. The molecule has 4 heteroatoms. The normalized spacial score (nSPS) is 11.9. The average molecular weight is 283 g/mol. The Morgan fingerprint density at radius 1 is 1.33 bits per heavy atom. The number of aromatic nitrogens is 1. The van der Waals surface area contributed by atoms with E-state index in [1.165, 1.54) is 5.56 Å².